The Kier molecular flexibility index (Phi) is 8.61. The molecule has 1 saturated heterocycles. The number of halogens is 4. The lowest BCUT2D eigenvalue weighted by Gasteiger charge is -2.23. The van der Waals surface area contributed by atoms with E-state index in [1.165, 1.54) is 24.4 Å². The topological polar surface area (TPSA) is 80.3 Å². The number of anilines is 1. The summed E-state index contributed by atoms with van der Waals surface area (Å²) in [6.07, 6.45) is 4.63. The van der Waals surface area contributed by atoms with Gasteiger partial charge in [0.1, 0.15) is 34.8 Å². The number of hydrogen-bond acceptors (Lipinski definition) is 5. The summed E-state index contributed by atoms with van der Waals surface area (Å²) in [6, 6.07) is 9.00. The SMILES string of the molecule is C=C(/N=C\c1nc(-c2c(Cl)cccc2Cl)n(CCC2CCNCC2)c1N)NCc1c(F)cccc1F. The quantitative estimate of drug-likeness (QED) is 0.305. The molecule has 0 saturated carbocycles. The van der Waals surface area contributed by atoms with Crippen LogP contribution in [-0.2, 0) is 13.1 Å². The van der Waals surface area contributed by atoms with Crippen molar-refractivity contribution in [2.75, 3.05) is 18.8 Å². The van der Waals surface area contributed by atoms with Crippen molar-refractivity contribution in [2.24, 2.45) is 10.9 Å². The molecule has 0 spiro atoms. The molecule has 0 radical (unpaired) electrons. The molecule has 190 valence electrons. The van der Waals surface area contributed by atoms with Crippen molar-refractivity contribution in [3.05, 3.63) is 81.7 Å². The highest BCUT2D eigenvalue weighted by Gasteiger charge is 2.21. The minimum Gasteiger partial charge on any atom is -0.383 e. The van der Waals surface area contributed by atoms with E-state index in [1.807, 2.05) is 4.57 Å². The first-order valence-corrected chi connectivity index (χ1v) is 12.5. The van der Waals surface area contributed by atoms with E-state index in [0.29, 0.717) is 45.4 Å². The number of benzene rings is 2. The number of imidazole rings is 1. The van der Waals surface area contributed by atoms with Crippen LogP contribution in [0.4, 0.5) is 14.6 Å². The summed E-state index contributed by atoms with van der Waals surface area (Å²) in [5, 5.41) is 7.14. The Morgan fingerprint density at radius 3 is 2.47 bits per heavy atom. The molecule has 2 aromatic carbocycles. The predicted octanol–water partition coefficient (Wildman–Crippen LogP) is 5.79. The molecule has 4 N–H and O–H groups in total. The van der Waals surface area contributed by atoms with Gasteiger partial charge in [-0.15, -0.1) is 0 Å². The fourth-order valence-corrected chi connectivity index (χ4v) is 4.83. The third-order valence-corrected chi connectivity index (χ3v) is 6.94. The van der Waals surface area contributed by atoms with Crippen LogP contribution in [0.15, 0.2) is 53.8 Å². The van der Waals surface area contributed by atoms with E-state index in [4.69, 9.17) is 33.9 Å². The summed E-state index contributed by atoms with van der Waals surface area (Å²) >= 11 is 13.0. The molecule has 1 fully saturated rings. The van der Waals surface area contributed by atoms with Gasteiger partial charge in [-0.05, 0) is 62.5 Å². The first kappa shape index (κ1) is 26.1. The van der Waals surface area contributed by atoms with E-state index in [0.717, 1.165) is 32.4 Å². The molecule has 0 amide bonds. The zero-order valence-electron chi connectivity index (χ0n) is 19.7. The van der Waals surface area contributed by atoms with Gasteiger partial charge in [0, 0.05) is 18.7 Å². The first-order valence-electron chi connectivity index (χ1n) is 11.8. The van der Waals surface area contributed by atoms with Crippen LogP contribution in [0, 0.1) is 17.6 Å². The van der Waals surface area contributed by atoms with Gasteiger partial charge in [0.2, 0.25) is 0 Å². The van der Waals surface area contributed by atoms with Crippen molar-refractivity contribution >= 4 is 35.2 Å². The van der Waals surface area contributed by atoms with Gasteiger partial charge in [0.15, 0.2) is 0 Å². The molecular formula is C26H28Cl2F2N6. The molecule has 3 aromatic rings. The second-order valence-electron chi connectivity index (χ2n) is 8.69. The van der Waals surface area contributed by atoms with E-state index in [1.54, 1.807) is 18.2 Å². The summed E-state index contributed by atoms with van der Waals surface area (Å²) < 4.78 is 29.7. The molecule has 0 atom stereocenters. The fraction of sp³-hybridized carbons (Fsp3) is 0.308. The largest absolute Gasteiger partial charge is 0.383 e. The molecule has 0 bridgehead atoms. The number of aliphatic imine (C=N–C) groups is 1. The molecule has 0 aliphatic carbocycles. The second kappa shape index (κ2) is 11.9. The molecule has 10 heteroatoms. The summed E-state index contributed by atoms with van der Waals surface area (Å²) in [5.74, 6) is 0.493. The molecule has 6 nitrogen and oxygen atoms in total. The van der Waals surface area contributed by atoms with E-state index < -0.39 is 11.6 Å². The van der Waals surface area contributed by atoms with Gasteiger partial charge in [-0.1, -0.05) is 41.9 Å². The van der Waals surface area contributed by atoms with Crippen molar-refractivity contribution in [3.8, 4) is 11.4 Å². The molecule has 2 heterocycles. The maximum atomic E-state index is 13.9. The van der Waals surface area contributed by atoms with Crippen LogP contribution in [0.5, 0.6) is 0 Å². The lowest BCUT2D eigenvalue weighted by Crippen LogP contribution is -2.28. The smallest absolute Gasteiger partial charge is 0.145 e. The highest BCUT2D eigenvalue weighted by Crippen LogP contribution is 2.36. The molecule has 1 aromatic heterocycles. The van der Waals surface area contributed by atoms with Crippen LogP contribution in [0.3, 0.4) is 0 Å². The molecule has 1 aliphatic heterocycles. The Morgan fingerprint density at radius 2 is 1.81 bits per heavy atom. The van der Waals surface area contributed by atoms with Crippen molar-refractivity contribution in [2.45, 2.75) is 32.4 Å². The Labute approximate surface area is 219 Å². The van der Waals surface area contributed by atoms with E-state index in [9.17, 15) is 8.78 Å². The van der Waals surface area contributed by atoms with Crippen LogP contribution < -0.4 is 16.4 Å². The third-order valence-electron chi connectivity index (χ3n) is 6.31. The van der Waals surface area contributed by atoms with Crippen molar-refractivity contribution < 1.29 is 8.78 Å². The monoisotopic (exact) mass is 532 g/mol. The van der Waals surface area contributed by atoms with Crippen LogP contribution in [-0.4, -0.2) is 28.9 Å². The first-order chi connectivity index (χ1) is 17.3. The van der Waals surface area contributed by atoms with Crippen molar-refractivity contribution in [3.63, 3.8) is 0 Å². The minimum atomic E-state index is -0.641. The number of rotatable bonds is 9. The average molecular weight is 533 g/mol. The number of aromatic nitrogens is 2. The van der Waals surface area contributed by atoms with Gasteiger partial charge in [-0.3, -0.25) is 0 Å². The number of piperidine rings is 1. The van der Waals surface area contributed by atoms with Gasteiger partial charge in [-0.25, -0.2) is 18.8 Å². The molecule has 0 unspecified atom stereocenters. The summed E-state index contributed by atoms with van der Waals surface area (Å²) in [6.45, 7) is 6.38. The lowest BCUT2D eigenvalue weighted by atomic mass is 9.94. The van der Waals surface area contributed by atoms with Crippen LogP contribution in [0.1, 0.15) is 30.5 Å². The predicted molar refractivity (Wildman–Crippen MR) is 142 cm³/mol. The molecular weight excluding hydrogens is 505 g/mol. The zero-order valence-corrected chi connectivity index (χ0v) is 21.2. The second-order valence-corrected chi connectivity index (χ2v) is 9.51. The number of nitrogens with two attached hydrogens (primary N) is 1. The molecule has 1 aliphatic rings. The van der Waals surface area contributed by atoms with Gasteiger partial charge in [0.25, 0.3) is 0 Å². The number of nitrogens with one attached hydrogen (secondary N) is 2. The number of hydrogen-bond donors (Lipinski definition) is 3. The maximum Gasteiger partial charge on any atom is 0.145 e. The van der Waals surface area contributed by atoms with E-state index in [2.05, 4.69) is 22.2 Å². The Bertz CT molecular complexity index is 1230. The zero-order chi connectivity index (χ0) is 25.7. The summed E-state index contributed by atoms with van der Waals surface area (Å²) in [7, 11) is 0. The van der Waals surface area contributed by atoms with E-state index >= 15 is 0 Å². The molecule has 36 heavy (non-hydrogen) atoms. The Balaban J connectivity index is 1.56. The van der Waals surface area contributed by atoms with Crippen molar-refractivity contribution in [1.29, 1.82) is 0 Å². The highest BCUT2D eigenvalue weighted by molar-refractivity contribution is 6.39. The fourth-order valence-electron chi connectivity index (χ4n) is 4.27. The van der Waals surface area contributed by atoms with Crippen molar-refractivity contribution in [1.82, 2.24) is 20.2 Å². The normalized spacial score (nSPS) is 14.4. The number of nitrogen functional groups attached to an aromatic ring is 1. The van der Waals surface area contributed by atoms with Gasteiger partial charge in [-0.2, -0.15) is 0 Å². The molecule has 4 rings (SSSR count). The van der Waals surface area contributed by atoms with Gasteiger partial charge in [0.05, 0.1) is 21.8 Å². The summed E-state index contributed by atoms with van der Waals surface area (Å²) in [4.78, 5) is 8.97. The highest BCUT2D eigenvalue weighted by atomic mass is 35.5. The third kappa shape index (κ3) is 6.06. The lowest BCUT2D eigenvalue weighted by molar-refractivity contribution is 0.339. The van der Waals surface area contributed by atoms with Gasteiger partial charge < -0.3 is 20.9 Å². The number of nitrogens with zero attached hydrogens (tertiary/aromatic N) is 3. The van der Waals surface area contributed by atoms with Gasteiger partial charge >= 0.3 is 0 Å². The standard InChI is InChI=1S/C26H28Cl2F2N6/c1-16(33-14-18-21(29)6-3-7-22(18)30)34-15-23-25(31)36(13-10-17-8-11-32-12-9-17)26(35-23)24-19(27)4-2-5-20(24)28/h2-7,15,17,32-33H,1,8-14,31H2/b34-15-. The van der Waals surface area contributed by atoms with Crippen LogP contribution in [0.25, 0.3) is 11.4 Å². The maximum absolute atomic E-state index is 13.9. The average Bonchev–Trinajstić information content (AvgIpc) is 3.16. The van der Waals surface area contributed by atoms with Crippen LogP contribution in [0.2, 0.25) is 10.0 Å². The Morgan fingerprint density at radius 1 is 1.17 bits per heavy atom. The minimum absolute atomic E-state index is 0.0915. The Hall–Kier alpha value is -2.94. The van der Waals surface area contributed by atoms with E-state index in [-0.39, 0.29) is 17.9 Å². The summed E-state index contributed by atoms with van der Waals surface area (Å²) in [5.41, 5.74) is 7.44. The van der Waals surface area contributed by atoms with Crippen LogP contribution >= 0.6 is 23.2 Å².